The number of pyridine rings is 1. The number of nitrogens with one attached hydrogen (secondary N) is 2. The van der Waals surface area contributed by atoms with Crippen molar-refractivity contribution in [2.24, 2.45) is 0 Å². The van der Waals surface area contributed by atoms with Crippen LogP contribution < -0.4 is 10.9 Å². The average Bonchev–Trinajstić information content (AvgIpc) is 2.70. The number of hydrogen-bond acceptors (Lipinski definition) is 6. The Bertz CT molecular complexity index is 1180. The normalized spacial score (nSPS) is 10.3. The van der Waals surface area contributed by atoms with E-state index in [2.05, 4.69) is 10.3 Å². The summed E-state index contributed by atoms with van der Waals surface area (Å²) in [4.78, 5) is 38.0. The van der Waals surface area contributed by atoms with Crippen LogP contribution in [0.4, 0.5) is 5.69 Å². The second-order valence-electron chi connectivity index (χ2n) is 6.19. The molecular weight excluding hydrogens is 390 g/mol. The predicted molar refractivity (Wildman–Crippen MR) is 111 cm³/mol. The van der Waals surface area contributed by atoms with Gasteiger partial charge in [-0.05, 0) is 35.4 Å². The Labute approximate surface area is 170 Å². The first-order valence-corrected chi connectivity index (χ1v) is 9.66. The maximum atomic E-state index is 12.0. The van der Waals surface area contributed by atoms with Gasteiger partial charge in [-0.1, -0.05) is 42.1 Å². The minimum absolute atomic E-state index is 0.142. The number of nitrogens with zero attached hydrogens (tertiary/aromatic N) is 1. The zero-order valence-corrected chi connectivity index (χ0v) is 16.3. The molecule has 146 valence electrons. The Balaban J connectivity index is 1.52. The molecule has 0 saturated heterocycles. The molecule has 0 unspecified atom stereocenters. The highest BCUT2D eigenvalue weighted by Gasteiger charge is 2.13. The number of H-pyrrole nitrogens is 1. The minimum atomic E-state index is -0.630. The van der Waals surface area contributed by atoms with Gasteiger partial charge in [-0.2, -0.15) is 5.26 Å². The summed E-state index contributed by atoms with van der Waals surface area (Å²) in [5, 5.41) is 14.2. The van der Waals surface area contributed by atoms with E-state index >= 15 is 0 Å². The number of ether oxygens (including phenoxy) is 1. The number of hydrogen-bond donors (Lipinski definition) is 2. The lowest BCUT2D eigenvalue weighted by atomic mass is 10.1. The van der Waals surface area contributed by atoms with Crippen LogP contribution in [-0.4, -0.2) is 29.2 Å². The van der Waals surface area contributed by atoms with Crippen molar-refractivity contribution in [3.8, 4) is 6.07 Å². The molecule has 0 fully saturated rings. The van der Waals surface area contributed by atoms with E-state index in [-0.39, 0.29) is 11.3 Å². The summed E-state index contributed by atoms with van der Waals surface area (Å²) >= 11 is 0.981. The van der Waals surface area contributed by atoms with Gasteiger partial charge in [-0.3, -0.25) is 14.4 Å². The van der Waals surface area contributed by atoms with Crippen LogP contribution in [-0.2, 0) is 14.3 Å². The summed E-state index contributed by atoms with van der Waals surface area (Å²) in [7, 11) is 0. The van der Waals surface area contributed by atoms with Gasteiger partial charge in [-0.25, -0.2) is 0 Å². The number of carbonyl (C=O) groups is 2. The van der Waals surface area contributed by atoms with Crippen LogP contribution in [0.2, 0.25) is 0 Å². The Morgan fingerprint density at radius 3 is 2.69 bits per heavy atom. The molecule has 0 bridgehead atoms. The molecule has 1 heterocycles. The molecule has 1 amide bonds. The number of carbonyl (C=O) groups excluding carboxylic acids is 2. The van der Waals surface area contributed by atoms with Gasteiger partial charge in [0, 0.05) is 11.8 Å². The van der Waals surface area contributed by atoms with E-state index in [1.807, 2.05) is 42.5 Å². The fraction of sp³-hybridized carbons (Fsp3) is 0.143. The van der Waals surface area contributed by atoms with Crippen molar-refractivity contribution in [2.45, 2.75) is 11.9 Å². The van der Waals surface area contributed by atoms with Crippen LogP contribution in [0.15, 0.2) is 58.4 Å². The molecule has 3 aromatic rings. The van der Waals surface area contributed by atoms with E-state index in [1.54, 1.807) is 13.0 Å². The van der Waals surface area contributed by atoms with Crippen molar-refractivity contribution in [1.29, 1.82) is 5.26 Å². The third kappa shape index (κ3) is 5.24. The first-order valence-electron chi connectivity index (χ1n) is 8.67. The quantitative estimate of drug-likeness (QED) is 0.480. The Morgan fingerprint density at radius 1 is 1.17 bits per heavy atom. The SMILES string of the molecule is Cc1cc(=O)[nH]c(SCC(=O)OCC(=O)Nc2ccc3ccccc3c2)c1C#N. The highest BCUT2D eigenvalue weighted by molar-refractivity contribution is 7.99. The van der Waals surface area contributed by atoms with Crippen molar-refractivity contribution in [3.05, 3.63) is 70.0 Å². The van der Waals surface area contributed by atoms with E-state index in [1.165, 1.54) is 6.07 Å². The number of aromatic nitrogens is 1. The zero-order valence-electron chi connectivity index (χ0n) is 15.5. The largest absolute Gasteiger partial charge is 0.455 e. The molecule has 3 rings (SSSR count). The predicted octanol–water partition coefficient (Wildman–Crippen LogP) is 2.98. The molecule has 0 saturated carbocycles. The Hall–Kier alpha value is -3.57. The van der Waals surface area contributed by atoms with Crippen LogP contribution in [0.5, 0.6) is 0 Å². The van der Waals surface area contributed by atoms with Crippen molar-refractivity contribution < 1.29 is 14.3 Å². The second kappa shape index (κ2) is 9.08. The summed E-state index contributed by atoms with van der Waals surface area (Å²) in [6, 6.07) is 16.6. The van der Waals surface area contributed by atoms with Crippen molar-refractivity contribution in [2.75, 3.05) is 17.7 Å². The van der Waals surface area contributed by atoms with Crippen LogP contribution in [0.25, 0.3) is 10.8 Å². The number of anilines is 1. The molecule has 0 spiro atoms. The summed E-state index contributed by atoms with van der Waals surface area (Å²) in [6.07, 6.45) is 0. The number of amides is 1. The van der Waals surface area contributed by atoms with E-state index in [9.17, 15) is 19.6 Å². The number of fused-ring (bicyclic) bond motifs is 1. The lowest BCUT2D eigenvalue weighted by Crippen LogP contribution is -2.21. The molecule has 29 heavy (non-hydrogen) atoms. The zero-order chi connectivity index (χ0) is 20.8. The molecule has 1 aromatic heterocycles. The lowest BCUT2D eigenvalue weighted by molar-refractivity contribution is -0.144. The molecule has 0 atom stereocenters. The second-order valence-corrected chi connectivity index (χ2v) is 7.18. The van der Waals surface area contributed by atoms with Gasteiger partial charge in [0.25, 0.3) is 5.91 Å². The third-order valence-electron chi connectivity index (χ3n) is 4.05. The maximum Gasteiger partial charge on any atom is 0.316 e. The van der Waals surface area contributed by atoms with Crippen LogP contribution in [0, 0.1) is 18.3 Å². The Morgan fingerprint density at radius 2 is 1.93 bits per heavy atom. The number of rotatable bonds is 6. The van der Waals surface area contributed by atoms with E-state index in [0.717, 1.165) is 22.5 Å². The Kier molecular flexibility index (Phi) is 6.32. The molecule has 0 aliphatic heterocycles. The van der Waals surface area contributed by atoms with Crippen LogP contribution >= 0.6 is 11.8 Å². The summed E-state index contributed by atoms with van der Waals surface area (Å²) < 4.78 is 4.97. The van der Waals surface area contributed by atoms with E-state index in [0.29, 0.717) is 21.8 Å². The number of aromatic amines is 1. The monoisotopic (exact) mass is 407 g/mol. The first-order chi connectivity index (χ1) is 14.0. The maximum absolute atomic E-state index is 12.0. The van der Waals surface area contributed by atoms with E-state index in [4.69, 9.17) is 4.74 Å². The average molecular weight is 407 g/mol. The molecule has 0 aliphatic carbocycles. The third-order valence-corrected chi connectivity index (χ3v) is 5.02. The smallest absolute Gasteiger partial charge is 0.316 e. The topological polar surface area (TPSA) is 112 Å². The summed E-state index contributed by atoms with van der Waals surface area (Å²) in [6.45, 7) is 1.22. The number of aryl methyl sites for hydroxylation is 1. The lowest BCUT2D eigenvalue weighted by Gasteiger charge is -2.08. The highest BCUT2D eigenvalue weighted by Crippen LogP contribution is 2.21. The van der Waals surface area contributed by atoms with Crippen LogP contribution in [0.3, 0.4) is 0 Å². The van der Waals surface area contributed by atoms with Gasteiger partial charge < -0.3 is 15.0 Å². The van der Waals surface area contributed by atoms with E-state index < -0.39 is 18.5 Å². The van der Waals surface area contributed by atoms with Crippen molar-refractivity contribution >= 4 is 40.1 Å². The number of benzene rings is 2. The standard InChI is InChI=1S/C21H17N3O4S/c1-13-8-18(25)24-21(17(13)10-22)29-12-20(27)28-11-19(26)23-16-7-6-14-4-2-3-5-15(14)9-16/h2-9H,11-12H2,1H3,(H,23,26)(H,24,25). The minimum Gasteiger partial charge on any atom is -0.455 e. The molecule has 0 aliphatic rings. The van der Waals surface area contributed by atoms with Crippen LogP contribution in [0.1, 0.15) is 11.1 Å². The molecular formula is C21H17N3O4S. The fourth-order valence-electron chi connectivity index (χ4n) is 2.69. The van der Waals surface area contributed by atoms with Gasteiger partial charge in [0.05, 0.1) is 16.3 Å². The molecule has 8 heteroatoms. The number of esters is 1. The first kappa shape index (κ1) is 20.2. The van der Waals surface area contributed by atoms with Crippen molar-refractivity contribution in [1.82, 2.24) is 4.98 Å². The van der Waals surface area contributed by atoms with Gasteiger partial charge in [-0.15, -0.1) is 0 Å². The van der Waals surface area contributed by atoms with Gasteiger partial charge in [0.15, 0.2) is 6.61 Å². The van der Waals surface area contributed by atoms with Gasteiger partial charge in [0.2, 0.25) is 5.56 Å². The molecule has 2 aromatic carbocycles. The molecule has 7 nitrogen and oxygen atoms in total. The van der Waals surface area contributed by atoms with Gasteiger partial charge in [0.1, 0.15) is 6.07 Å². The number of thioether (sulfide) groups is 1. The highest BCUT2D eigenvalue weighted by atomic mass is 32.2. The van der Waals surface area contributed by atoms with Gasteiger partial charge >= 0.3 is 5.97 Å². The van der Waals surface area contributed by atoms with Crippen molar-refractivity contribution in [3.63, 3.8) is 0 Å². The number of nitriles is 1. The summed E-state index contributed by atoms with van der Waals surface area (Å²) in [5.74, 6) is -1.23. The summed E-state index contributed by atoms with van der Waals surface area (Å²) in [5.41, 5.74) is 1.08. The fourth-order valence-corrected chi connectivity index (χ4v) is 3.56. The molecule has 0 radical (unpaired) electrons. The molecule has 2 N–H and O–H groups in total.